The smallest absolute Gasteiger partial charge is 0.342 e. The van der Waals surface area contributed by atoms with Crippen LogP contribution < -0.4 is 10.0 Å². The molecule has 1 amide bonds. The molecule has 3 aromatic carbocycles. The number of hydrogen-bond donors (Lipinski definition) is 2. The van der Waals surface area contributed by atoms with Gasteiger partial charge >= 0.3 is 6.18 Å². The first-order valence-electron chi connectivity index (χ1n) is 11.5. The van der Waals surface area contributed by atoms with Crippen molar-refractivity contribution in [2.75, 3.05) is 0 Å². The Labute approximate surface area is 218 Å². The average molecular weight is 551 g/mol. The summed E-state index contributed by atoms with van der Waals surface area (Å²) in [5, 5.41) is 2.67. The van der Waals surface area contributed by atoms with Crippen LogP contribution in [0.2, 0.25) is 0 Å². The lowest BCUT2D eigenvalue weighted by atomic mass is 9.97. The lowest BCUT2D eigenvalue weighted by Crippen LogP contribution is -2.54. The van der Waals surface area contributed by atoms with Crippen molar-refractivity contribution in [2.24, 2.45) is 0 Å². The van der Waals surface area contributed by atoms with Crippen molar-refractivity contribution in [2.45, 2.75) is 49.3 Å². The van der Waals surface area contributed by atoms with Crippen molar-refractivity contribution in [3.8, 4) is 0 Å². The molecular formula is C27H26F4N2O4S. The summed E-state index contributed by atoms with van der Waals surface area (Å²) in [6, 6.07) is 17.7. The highest BCUT2D eigenvalue weighted by Crippen LogP contribution is 2.31. The van der Waals surface area contributed by atoms with E-state index < -0.39 is 44.4 Å². The second kappa shape index (κ2) is 11.4. The fourth-order valence-corrected chi connectivity index (χ4v) is 4.90. The Balaban J connectivity index is 1.77. The molecule has 0 aliphatic carbocycles. The summed E-state index contributed by atoms with van der Waals surface area (Å²) in [5.74, 6) is -1.46. The number of carbonyl (C=O) groups excluding carboxylic acids is 2. The number of hydrogen-bond acceptors (Lipinski definition) is 4. The summed E-state index contributed by atoms with van der Waals surface area (Å²) in [6.45, 7) is 1.43. The molecule has 6 nitrogen and oxygen atoms in total. The highest BCUT2D eigenvalue weighted by molar-refractivity contribution is 7.89. The summed E-state index contributed by atoms with van der Waals surface area (Å²) < 4.78 is 79.2. The molecule has 0 heterocycles. The molecule has 202 valence electrons. The van der Waals surface area contributed by atoms with Gasteiger partial charge in [-0.15, -0.1) is 0 Å². The monoisotopic (exact) mass is 550 g/mol. The van der Waals surface area contributed by atoms with Crippen LogP contribution in [0, 0.1) is 5.82 Å². The molecule has 0 fully saturated rings. The number of alkyl halides is 3. The van der Waals surface area contributed by atoms with Gasteiger partial charge in [0.25, 0.3) is 5.91 Å². The number of carbonyl (C=O) groups is 2. The summed E-state index contributed by atoms with van der Waals surface area (Å²) in [4.78, 5) is 25.5. The number of rotatable bonds is 10. The minimum Gasteiger partial charge on any atom is -0.342 e. The number of Topliss-reactive ketones (excluding diaryl/α,β-unsaturated/α-hetero) is 1. The lowest BCUT2D eigenvalue weighted by molar-refractivity contribution is -0.180. The summed E-state index contributed by atoms with van der Waals surface area (Å²) in [6.07, 6.45) is -4.81. The molecule has 0 aliphatic heterocycles. The van der Waals surface area contributed by atoms with E-state index in [4.69, 9.17) is 0 Å². The van der Waals surface area contributed by atoms with E-state index in [1.54, 1.807) is 35.1 Å². The van der Waals surface area contributed by atoms with E-state index in [-0.39, 0.29) is 24.2 Å². The number of ketones is 1. The molecule has 0 aromatic heterocycles. The van der Waals surface area contributed by atoms with E-state index in [9.17, 15) is 35.6 Å². The average Bonchev–Trinajstić information content (AvgIpc) is 2.83. The Bertz CT molecular complexity index is 1370. The zero-order valence-corrected chi connectivity index (χ0v) is 21.4. The maximum Gasteiger partial charge on any atom is 0.407 e. The zero-order valence-electron chi connectivity index (χ0n) is 20.6. The highest BCUT2D eigenvalue weighted by atomic mass is 32.2. The van der Waals surface area contributed by atoms with Gasteiger partial charge in [-0.05, 0) is 67.8 Å². The van der Waals surface area contributed by atoms with Crippen molar-refractivity contribution >= 4 is 21.7 Å². The second-order valence-corrected chi connectivity index (χ2v) is 10.9. The van der Waals surface area contributed by atoms with Crippen LogP contribution in [0.4, 0.5) is 17.6 Å². The van der Waals surface area contributed by atoms with Crippen LogP contribution in [0.25, 0.3) is 0 Å². The molecule has 0 saturated carbocycles. The molecule has 38 heavy (non-hydrogen) atoms. The first kappa shape index (κ1) is 29.0. The van der Waals surface area contributed by atoms with Crippen molar-refractivity contribution in [1.29, 1.82) is 0 Å². The Kier molecular flexibility index (Phi) is 8.73. The van der Waals surface area contributed by atoms with Gasteiger partial charge in [-0.2, -0.15) is 17.9 Å². The fourth-order valence-electron chi connectivity index (χ4n) is 3.50. The molecule has 0 saturated heterocycles. The third kappa shape index (κ3) is 7.48. The van der Waals surface area contributed by atoms with Crippen LogP contribution in [-0.2, 0) is 27.7 Å². The Morgan fingerprint density at radius 2 is 1.42 bits per heavy atom. The number of benzene rings is 3. The second-order valence-electron chi connectivity index (χ2n) is 9.24. The minimum atomic E-state index is -4.81. The largest absolute Gasteiger partial charge is 0.407 e. The first-order valence-corrected chi connectivity index (χ1v) is 13.0. The van der Waals surface area contributed by atoms with E-state index >= 15 is 0 Å². The third-order valence-electron chi connectivity index (χ3n) is 5.79. The van der Waals surface area contributed by atoms with Gasteiger partial charge < -0.3 is 5.32 Å². The molecule has 11 heteroatoms. The predicted octanol–water partition coefficient (Wildman–Crippen LogP) is 4.60. The molecule has 2 N–H and O–H groups in total. The van der Waals surface area contributed by atoms with Crippen LogP contribution in [0.3, 0.4) is 0 Å². The third-order valence-corrected chi connectivity index (χ3v) is 7.47. The number of sulfonamides is 1. The molecule has 0 aliphatic rings. The quantitative estimate of drug-likeness (QED) is 0.361. The van der Waals surface area contributed by atoms with Gasteiger partial charge in [-0.3, -0.25) is 9.59 Å². The molecule has 0 radical (unpaired) electrons. The van der Waals surface area contributed by atoms with Gasteiger partial charge in [0.2, 0.25) is 10.0 Å². The van der Waals surface area contributed by atoms with Crippen molar-refractivity contribution in [1.82, 2.24) is 10.0 Å². The van der Waals surface area contributed by atoms with Crippen LogP contribution in [0.1, 0.15) is 35.3 Å². The molecule has 3 aromatic rings. The van der Waals surface area contributed by atoms with E-state index in [0.29, 0.717) is 19.4 Å². The topological polar surface area (TPSA) is 92.3 Å². The maximum absolute atomic E-state index is 13.2. The van der Waals surface area contributed by atoms with Gasteiger partial charge in [-0.1, -0.05) is 42.5 Å². The summed E-state index contributed by atoms with van der Waals surface area (Å²) in [5.41, 5.74) is -1.34. The SMILES string of the molecule is CC(C)(NS(=O)(=O)c1ccc(CC(=O)[C@H](Cc2ccccc2)NC(=O)c2ccc(F)cc2)cc1)C(F)(F)F. The standard InChI is InChI=1S/C27H26F4N2O4S/c1-26(2,27(29,30)31)33-38(36,37)22-14-8-19(9-15-22)17-24(34)23(16-18-6-4-3-5-7-18)32-25(35)20-10-12-21(28)13-11-20/h3-15,23,33H,16-17H2,1-2H3,(H,32,35)/t23-/m0/s1. The van der Waals surface area contributed by atoms with Gasteiger partial charge in [-0.25, -0.2) is 12.8 Å². The van der Waals surface area contributed by atoms with Crippen LogP contribution in [0.15, 0.2) is 83.8 Å². The normalized spacial score (nSPS) is 13.1. The fraction of sp³-hybridized carbons (Fsp3) is 0.259. The Morgan fingerprint density at radius 3 is 1.97 bits per heavy atom. The van der Waals surface area contributed by atoms with Crippen molar-refractivity contribution in [3.63, 3.8) is 0 Å². The number of amides is 1. The van der Waals surface area contributed by atoms with Crippen molar-refractivity contribution < 1.29 is 35.6 Å². The van der Waals surface area contributed by atoms with E-state index in [1.807, 2.05) is 0 Å². The van der Waals surface area contributed by atoms with Crippen LogP contribution in [-0.4, -0.2) is 37.9 Å². The van der Waals surface area contributed by atoms with E-state index in [2.05, 4.69) is 5.32 Å². The van der Waals surface area contributed by atoms with Crippen molar-refractivity contribution in [3.05, 3.63) is 101 Å². The molecule has 0 spiro atoms. The number of halogens is 4. The first-order chi connectivity index (χ1) is 17.7. The lowest BCUT2D eigenvalue weighted by Gasteiger charge is -2.28. The zero-order chi connectivity index (χ0) is 28.1. The van der Waals surface area contributed by atoms with Crippen LogP contribution >= 0.6 is 0 Å². The summed E-state index contributed by atoms with van der Waals surface area (Å²) in [7, 11) is -4.49. The minimum absolute atomic E-state index is 0.168. The van der Waals surface area contributed by atoms with Gasteiger partial charge in [0, 0.05) is 12.0 Å². The molecule has 0 unspecified atom stereocenters. The van der Waals surface area contributed by atoms with E-state index in [0.717, 1.165) is 29.8 Å². The predicted molar refractivity (Wildman–Crippen MR) is 133 cm³/mol. The number of nitrogens with one attached hydrogen (secondary N) is 2. The molecule has 3 rings (SSSR count). The molecule has 0 bridgehead atoms. The Hall–Kier alpha value is -3.57. The highest BCUT2D eigenvalue weighted by Gasteiger charge is 2.49. The summed E-state index contributed by atoms with van der Waals surface area (Å²) >= 11 is 0. The van der Waals surface area contributed by atoms with Crippen LogP contribution in [0.5, 0.6) is 0 Å². The maximum atomic E-state index is 13.2. The molecule has 1 atom stereocenters. The Morgan fingerprint density at radius 1 is 0.842 bits per heavy atom. The van der Waals surface area contributed by atoms with Gasteiger partial charge in [0.15, 0.2) is 5.78 Å². The van der Waals surface area contributed by atoms with Gasteiger partial charge in [0.1, 0.15) is 11.4 Å². The van der Waals surface area contributed by atoms with Gasteiger partial charge in [0.05, 0.1) is 10.9 Å². The molecular weight excluding hydrogens is 524 g/mol. The van der Waals surface area contributed by atoms with E-state index in [1.165, 1.54) is 24.3 Å².